The topological polar surface area (TPSA) is 90.5 Å². The maximum absolute atomic E-state index is 12.6. The van der Waals surface area contributed by atoms with Crippen LogP contribution in [-0.2, 0) is 11.3 Å². The third kappa shape index (κ3) is 3.90. The van der Waals surface area contributed by atoms with Gasteiger partial charge in [-0.2, -0.15) is 0 Å². The fourth-order valence-corrected chi connectivity index (χ4v) is 3.87. The zero-order valence-corrected chi connectivity index (χ0v) is 17.1. The van der Waals surface area contributed by atoms with Gasteiger partial charge in [-0.25, -0.2) is 9.78 Å². The summed E-state index contributed by atoms with van der Waals surface area (Å²) in [6.07, 6.45) is 0. The third-order valence-electron chi connectivity index (χ3n) is 4.50. The molecule has 0 aliphatic carbocycles. The number of nitrogens with one attached hydrogen (secondary N) is 1. The van der Waals surface area contributed by atoms with E-state index in [2.05, 4.69) is 9.97 Å². The number of pyridine rings is 1. The molecule has 0 unspecified atom stereocenters. The van der Waals surface area contributed by atoms with Crippen LogP contribution >= 0.6 is 11.3 Å². The second-order valence-corrected chi connectivity index (χ2v) is 7.24. The van der Waals surface area contributed by atoms with E-state index in [1.807, 2.05) is 23.6 Å². The van der Waals surface area contributed by atoms with E-state index < -0.39 is 5.97 Å². The Labute approximate surface area is 175 Å². The number of methoxy groups -OCH3 is 2. The molecule has 0 atom stereocenters. The van der Waals surface area contributed by atoms with Crippen LogP contribution in [0.25, 0.3) is 21.5 Å². The molecule has 0 saturated carbocycles. The first-order valence-electron chi connectivity index (χ1n) is 9.05. The monoisotopic (exact) mass is 422 g/mol. The summed E-state index contributed by atoms with van der Waals surface area (Å²) in [7, 11) is 3.16. The SMILES string of the molecule is COc1ccc(-c2nc(COC(=O)c3cc(=O)[nH]c4ccccc34)cs2)cc1OC. The highest BCUT2D eigenvalue weighted by Crippen LogP contribution is 2.33. The molecule has 0 amide bonds. The number of thiazole rings is 1. The van der Waals surface area contributed by atoms with Crippen molar-refractivity contribution in [1.82, 2.24) is 9.97 Å². The Morgan fingerprint density at radius 1 is 1.07 bits per heavy atom. The Bertz CT molecular complexity index is 1280. The minimum atomic E-state index is -0.571. The average molecular weight is 422 g/mol. The third-order valence-corrected chi connectivity index (χ3v) is 5.44. The Morgan fingerprint density at radius 2 is 1.87 bits per heavy atom. The first-order valence-corrected chi connectivity index (χ1v) is 9.93. The zero-order valence-electron chi connectivity index (χ0n) is 16.3. The van der Waals surface area contributed by atoms with Crippen molar-refractivity contribution in [2.24, 2.45) is 0 Å². The Hall–Kier alpha value is -3.65. The summed E-state index contributed by atoms with van der Waals surface area (Å²) in [4.78, 5) is 31.7. The Kier molecular flexibility index (Phi) is 5.49. The molecule has 0 fully saturated rings. The van der Waals surface area contributed by atoms with E-state index in [1.165, 1.54) is 17.4 Å². The number of H-pyrrole nitrogens is 1. The van der Waals surface area contributed by atoms with E-state index in [-0.39, 0.29) is 17.7 Å². The summed E-state index contributed by atoms with van der Waals surface area (Å²) in [6.45, 7) is 0.00372. The maximum atomic E-state index is 12.6. The highest BCUT2D eigenvalue weighted by molar-refractivity contribution is 7.13. The lowest BCUT2D eigenvalue weighted by molar-refractivity contribution is 0.0470. The number of benzene rings is 2. The molecular weight excluding hydrogens is 404 g/mol. The van der Waals surface area contributed by atoms with Crippen LogP contribution in [0.2, 0.25) is 0 Å². The Balaban J connectivity index is 1.52. The number of aromatic nitrogens is 2. The van der Waals surface area contributed by atoms with Crippen molar-refractivity contribution in [3.8, 4) is 22.1 Å². The minimum absolute atomic E-state index is 0.00372. The van der Waals surface area contributed by atoms with Crippen LogP contribution in [0.4, 0.5) is 0 Å². The van der Waals surface area contributed by atoms with E-state index in [0.717, 1.165) is 10.6 Å². The fourth-order valence-electron chi connectivity index (χ4n) is 3.07. The molecule has 0 saturated heterocycles. The second-order valence-electron chi connectivity index (χ2n) is 6.38. The molecule has 30 heavy (non-hydrogen) atoms. The van der Waals surface area contributed by atoms with E-state index in [9.17, 15) is 9.59 Å². The number of ether oxygens (including phenoxy) is 3. The van der Waals surface area contributed by atoms with Gasteiger partial charge in [0, 0.05) is 27.9 Å². The van der Waals surface area contributed by atoms with Gasteiger partial charge in [0.05, 0.1) is 25.5 Å². The number of rotatable bonds is 6. The van der Waals surface area contributed by atoms with Crippen LogP contribution in [0.3, 0.4) is 0 Å². The molecule has 4 rings (SSSR count). The molecule has 0 aliphatic heterocycles. The van der Waals surface area contributed by atoms with Gasteiger partial charge in [-0.3, -0.25) is 4.79 Å². The smallest absolute Gasteiger partial charge is 0.339 e. The van der Waals surface area contributed by atoms with Gasteiger partial charge in [0.2, 0.25) is 5.56 Å². The van der Waals surface area contributed by atoms with Crippen LogP contribution in [0.15, 0.2) is 58.7 Å². The molecule has 0 bridgehead atoms. The summed E-state index contributed by atoms with van der Waals surface area (Å²) in [5.74, 6) is 0.675. The van der Waals surface area contributed by atoms with E-state index in [4.69, 9.17) is 14.2 Å². The van der Waals surface area contributed by atoms with Crippen molar-refractivity contribution in [3.63, 3.8) is 0 Å². The molecule has 152 valence electrons. The number of hydrogen-bond acceptors (Lipinski definition) is 7. The molecule has 1 N–H and O–H groups in total. The molecule has 4 aromatic rings. The van der Waals surface area contributed by atoms with Crippen LogP contribution in [-0.4, -0.2) is 30.2 Å². The highest BCUT2D eigenvalue weighted by Gasteiger charge is 2.15. The number of carbonyl (C=O) groups is 1. The minimum Gasteiger partial charge on any atom is -0.493 e. The zero-order chi connectivity index (χ0) is 21.1. The molecule has 0 spiro atoms. The fraction of sp³-hybridized carbons (Fsp3) is 0.136. The lowest BCUT2D eigenvalue weighted by Crippen LogP contribution is -2.13. The van der Waals surface area contributed by atoms with Gasteiger partial charge in [-0.1, -0.05) is 18.2 Å². The van der Waals surface area contributed by atoms with Crippen LogP contribution in [0.1, 0.15) is 16.1 Å². The molecule has 8 heteroatoms. The molecule has 2 aromatic carbocycles. The van der Waals surface area contributed by atoms with E-state index in [1.54, 1.807) is 38.5 Å². The van der Waals surface area contributed by atoms with Gasteiger partial charge in [0.1, 0.15) is 11.6 Å². The number of para-hydroxylation sites is 1. The summed E-state index contributed by atoms with van der Waals surface area (Å²) in [5, 5.41) is 3.23. The highest BCUT2D eigenvalue weighted by atomic mass is 32.1. The van der Waals surface area contributed by atoms with Gasteiger partial charge in [0.25, 0.3) is 0 Å². The molecular formula is C22H18N2O5S. The summed E-state index contributed by atoms with van der Waals surface area (Å²) < 4.78 is 16.0. The number of fused-ring (bicyclic) bond motifs is 1. The largest absolute Gasteiger partial charge is 0.493 e. The Morgan fingerprint density at radius 3 is 2.67 bits per heavy atom. The van der Waals surface area contributed by atoms with Gasteiger partial charge in [-0.05, 0) is 24.3 Å². The predicted octanol–water partition coefficient (Wildman–Crippen LogP) is 4.03. The predicted molar refractivity (Wildman–Crippen MR) is 114 cm³/mol. The average Bonchev–Trinajstić information content (AvgIpc) is 3.25. The van der Waals surface area contributed by atoms with Gasteiger partial charge >= 0.3 is 5.97 Å². The van der Waals surface area contributed by atoms with Crippen LogP contribution < -0.4 is 15.0 Å². The van der Waals surface area contributed by atoms with Crippen molar-refractivity contribution in [1.29, 1.82) is 0 Å². The maximum Gasteiger partial charge on any atom is 0.339 e. The van der Waals surface area contributed by atoms with Gasteiger partial charge < -0.3 is 19.2 Å². The number of nitrogens with zero attached hydrogens (tertiary/aromatic N) is 1. The molecule has 2 heterocycles. The van der Waals surface area contributed by atoms with E-state index in [0.29, 0.717) is 28.1 Å². The van der Waals surface area contributed by atoms with Crippen molar-refractivity contribution in [2.45, 2.75) is 6.61 Å². The first kappa shape index (κ1) is 19.7. The summed E-state index contributed by atoms with van der Waals surface area (Å²) >= 11 is 1.43. The van der Waals surface area contributed by atoms with Crippen molar-refractivity contribution < 1.29 is 19.0 Å². The molecule has 0 radical (unpaired) electrons. The number of aromatic amines is 1. The van der Waals surface area contributed by atoms with Crippen molar-refractivity contribution in [3.05, 3.63) is 75.5 Å². The lowest BCUT2D eigenvalue weighted by Gasteiger charge is -2.08. The normalized spacial score (nSPS) is 10.7. The van der Waals surface area contributed by atoms with Crippen molar-refractivity contribution in [2.75, 3.05) is 14.2 Å². The second kappa shape index (κ2) is 8.38. The number of carbonyl (C=O) groups excluding carboxylic acids is 1. The molecule has 7 nitrogen and oxygen atoms in total. The van der Waals surface area contributed by atoms with Gasteiger partial charge in [0.15, 0.2) is 11.5 Å². The summed E-state index contributed by atoms with van der Waals surface area (Å²) in [6, 6.07) is 13.9. The van der Waals surface area contributed by atoms with E-state index >= 15 is 0 Å². The molecule has 2 aromatic heterocycles. The van der Waals surface area contributed by atoms with Gasteiger partial charge in [-0.15, -0.1) is 11.3 Å². The lowest BCUT2D eigenvalue weighted by atomic mass is 10.1. The quantitative estimate of drug-likeness (QED) is 0.472. The van der Waals surface area contributed by atoms with Crippen LogP contribution in [0.5, 0.6) is 11.5 Å². The number of esters is 1. The standard InChI is InChI=1S/C22H18N2O5S/c1-27-18-8-7-13(9-19(18)28-2)21-23-14(12-30-21)11-29-22(26)16-10-20(25)24-17-6-4-3-5-15(16)17/h3-10,12H,11H2,1-2H3,(H,24,25). The summed E-state index contributed by atoms with van der Waals surface area (Å²) in [5.41, 5.74) is 1.94. The van der Waals surface area contributed by atoms with Crippen molar-refractivity contribution >= 4 is 28.2 Å². The molecule has 0 aliphatic rings. The number of hydrogen-bond donors (Lipinski definition) is 1. The van der Waals surface area contributed by atoms with Crippen LogP contribution in [0, 0.1) is 0 Å². The first-order chi connectivity index (χ1) is 14.6.